The van der Waals surface area contributed by atoms with Gasteiger partial charge in [0.15, 0.2) is 17.5 Å². The molecule has 0 radical (unpaired) electrons. The minimum absolute atomic E-state index is 0.0104. The molecule has 268 valence electrons. The van der Waals surface area contributed by atoms with E-state index in [0.717, 1.165) is 0 Å². The van der Waals surface area contributed by atoms with Crippen molar-refractivity contribution < 1.29 is 39.6 Å². The fraction of sp³-hybridized carbons (Fsp3) is 0.312. The van der Waals surface area contributed by atoms with Gasteiger partial charge in [0.05, 0.1) is 12.5 Å². The second-order valence-corrected chi connectivity index (χ2v) is 11.3. The summed E-state index contributed by atoms with van der Waals surface area (Å²) in [7, 11) is 0. The predicted molar refractivity (Wildman–Crippen MR) is 184 cm³/mol. The van der Waals surface area contributed by atoms with Gasteiger partial charge in [0, 0.05) is 25.5 Å². The molecule has 1 aliphatic rings. The molecule has 1 fully saturated rings. The van der Waals surface area contributed by atoms with Crippen LogP contribution >= 0.6 is 0 Å². The minimum atomic E-state index is -2.87. The normalized spacial score (nSPS) is 20.1. The Balaban J connectivity index is 1.87. The van der Waals surface area contributed by atoms with Crippen molar-refractivity contribution in [1.29, 1.82) is 0 Å². The largest absolute Gasteiger partial charge is 0.508 e. The highest BCUT2D eigenvalue weighted by atomic mass is 16.4. The summed E-state index contributed by atoms with van der Waals surface area (Å²) in [6.45, 7) is -1.80. The number of nitrogens with zero attached hydrogens (tertiary/aromatic N) is 3. The number of carbonyl (C=O) groups is 4. The number of aromatic hydroxyl groups is 2. The summed E-state index contributed by atoms with van der Waals surface area (Å²) in [4.78, 5) is 61.6. The van der Waals surface area contributed by atoms with Crippen LogP contribution in [-0.4, -0.2) is 98.4 Å². The lowest BCUT2D eigenvalue weighted by atomic mass is 9.78. The van der Waals surface area contributed by atoms with Crippen LogP contribution in [0.4, 0.5) is 0 Å². The summed E-state index contributed by atoms with van der Waals surface area (Å²) >= 11 is 0. The lowest BCUT2D eigenvalue weighted by molar-refractivity contribution is -0.174. The average Bonchev–Trinajstić information content (AvgIpc) is 3.22. The number of phenolic OH excluding ortho intramolecular Hbond substituents is 2. The van der Waals surface area contributed by atoms with E-state index < -0.39 is 54.0 Å². The number of aliphatic hydroxyl groups is 2. The number of nitrogens with two attached hydrogens (primary N) is 4. The zero-order valence-electron chi connectivity index (χ0n) is 27.0. The fourth-order valence-corrected chi connectivity index (χ4v) is 5.30. The molecule has 0 saturated carbocycles. The van der Waals surface area contributed by atoms with Gasteiger partial charge in [-0.1, -0.05) is 24.3 Å². The zero-order valence-corrected chi connectivity index (χ0v) is 27.0. The van der Waals surface area contributed by atoms with E-state index in [4.69, 9.17) is 22.9 Å². The lowest BCUT2D eigenvalue weighted by Crippen LogP contribution is -2.62. The van der Waals surface area contributed by atoms with E-state index in [2.05, 4.69) is 25.9 Å². The van der Waals surface area contributed by atoms with Crippen LogP contribution < -0.4 is 38.9 Å². The van der Waals surface area contributed by atoms with E-state index in [-0.39, 0.29) is 55.8 Å². The first-order valence-corrected chi connectivity index (χ1v) is 15.3. The maximum Gasteiger partial charge on any atom is 0.274 e. The Morgan fingerprint density at radius 1 is 0.800 bits per heavy atom. The molecule has 15 N–H and O–H groups in total. The van der Waals surface area contributed by atoms with Gasteiger partial charge in [0.1, 0.15) is 18.0 Å². The molecule has 0 aromatic heterocycles. The van der Waals surface area contributed by atoms with Gasteiger partial charge in [-0.05, 0) is 66.8 Å². The number of phenols is 2. The smallest absolute Gasteiger partial charge is 0.274 e. The van der Waals surface area contributed by atoms with Crippen LogP contribution in [0.5, 0.6) is 11.5 Å². The Hall–Kier alpha value is -6.14. The number of nitrogens with one attached hydrogen (secondary N) is 3. The highest BCUT2D eigenvalue weighted by Gasteiger charge is 2.68. The van der Waals surface area contributed by atoms with Gasteiger partial charge < -0.3 is 59.3 Å². The van der Waals surface area contributed by atoms with Gasteiger partial charge >= 0.3 is 0 Å². The van der Waals surface area contributed by atoms with Gasteiger partial charge in [-0.15, -0.1) is 0 Å². The summed E-state index contributed by atoms with van der Waals surface area (Å²) in [5, 5.41) is 50.0. The van der Waals surface area contributed by atoms with Crippen LogP contribution in [0.1, 0.15) is 30.4 Å². The van der Waals surface area contributed by atoms with E-state index >= 15 is 0 Å². The Bertz CT molecular complexity index is 1640. The molecule has 1 heterocycles. The standard InChI is InChI=1S/C32H42N10O8/c33-29(34)39-14-1-13-31(49)24(12-17-40-30(35)36)32(50,27(47)41-18-25(45)37-15-10-20-2-6-22(43)7-3-20)42(28(31)48)19-26(46)38-16-11-21-4-8-23(44)9-5-21/h2-11,15-16,24,43-44,49-50H,1,12-14,17-19H2,(H,37,45)(H,38,46)(H,41,47)(H4,33,34,39)(H4,35,36,40)/b15-10+,16-11+/t24-,31+,32+/m1/s1. The number of guanidine groups is 2. The molecule has 18 heteroatoms. The van der Waals surface area contributed by atoms with Crippen molar-refractivity contribution in [1.82, 2.24) is 20.9 Å². The second kappa shape index (κ2) is 17.3. The summed E-state index contributed by atoms with van der Waals surface area (Å²) in [6, 6.07) is 12.1. The van der Waals surface area contributed by atoms with Crippen molar-refractivity contribution in [2.45, 2.75) is 30.6 Å². The molecule has 0 unspecified atom stereocenters. The van der Waals surface area contributed by atoms with Gasteiger partial charge in [0.2, 0.25) is 17.5 Å². The molecule has 3 atom stereocenters. The number of aliphatic imine (C=N–C) groups is 2. The summed E-state index contributed by atoms with van der Waals surface area (Å²) < 4.78 is 0. The number of hydrogen-bond donors (Lipinski definition) is 11. The molecule has 0 spiro atoms. The number of likely N-dealkylation sites (tertiary alicyclic amines) is 1. The predicted octanol–water partition coefficient (Wildman–Crippen LogP) is -2.32. The Labute approximate surface area is 287 Å². The Morgan fingerprint density at radius 2 is 1.30 bits per heavy atom. The van der Waals surface area contributed by atoms with Crippen LogP contribution in [0.3, 0.4) is 0 Å². The summed E-state index contributed by atoms with van der Waals surface area (Å²) in [5.41, 5.74) is 17.6. The first-order chi connectivity index (χ1) is 23.7. The highest BCUT2D eigenvalue weighted by molar-refractivity contribution is 6.01. The van der Waals surface area contributed by atoms with Crippen molar-refractivity contribution in [3.05, 3.63) is 72.1 Å². The molecule has 0 aliphatic carbocycles. The quantitative estimate of drug-likeness (QED) is 0.0501. The van der Waals surface area contributed by atoms with Crippen LogP contribution in [0.2, 0.25) is 0 Å². The minimum Gasteiger partial charge on any atom is -0.508 e. The Kier molecular flexibility index (Phi) is 13.3. The van der Waals surface area contributed by atoms with E-state index in [1.165, 1.54) is 48.8 Å². The third-order valence-electron chi connectivity index (χ3n) is 7.68. The molecular formula is C32H42N10O8. The summed E-state index contributed by atoms with van der Waals surface area (Å²) in [5.74, 6) is -6.02. The van der Waals surface area contributed by atoms with Crippen LogP contribution in [-0.2, 0) is 19.2 Å². The maximum atomic E-state index is 13.9. The van der Waals surface area contributed by atoms with Crippen LogP contribution in [0.15, 0.2) is 70.9 Å². The number of carbonyl (C=O) groups excluding carboxylic acids is 4. The van der Waals surface area contributed by atoms with Crippen molar-refractivity contribution in [2.24, 2.45) is 38.8 Å². The first-order valence-electron chi connectivity index (χ1n) is 15.3. The maximum absolute atomic E-state index is 13.9. The SMILES string of the molecule is NC(N)=NCCC[C@@]1(O)C(=O)N(CC(=O)N/C=C/c2ccc(O)cc2)[C@@](O)(C(=O)NCC(=O)N/C=C/c2ccc(O)cc2)[C@@H]1CCN=C(N)N. The number of benzene rings is 2. The van der Waals surface area contributed by atoms with Gasteiger partial charge in [-0.25, -0.2) is 0 Å². The molecule has 2 aromatic carbocycles. The van der Waals surface area contributed by atoms with E-state index in [0.29, 0.717) is 16.0 Å². The van der Waals surface area contributed by atoms with Crippen LogP contribution in [0.25, 0.3) is 12.2 Å². The van der Waals surface area contributed by atoms with Crippen LogP contribution in [0, 0.1) is 5.92 Å². The Morgan fingerprint density at radius 3 is 1.82 bits per heavy atom. The monoisotopic (exact) mass is 694 g/mol. The van der Waals surface area contributed by atoms with Gasteiger partial charge in [-0.3, -0.25) is 34.1 Å². The molecule has 4 amide bonds. The molecule has 18 nitrogen and oxygen atoms in total. The van der Waals surface area contributed by atoms with Crippen molar-refractivity contribution in [3.8, 4) is 11.5 Å². The molecule has 50 heavy (non-hydrogen) atoms. The van der Waals surface area contributed by atoms with Gasteiger partial charge in [0.25, 0.3) is 11.8 Å². The van der Waals surface area contributed by atoms with Crippen molar-refractivity contribution >= 4 is 47.7 Å². The van der Waals surface area contributed by atoms with E-state index in [1.54, 1.807) is 24.3 Å². The molecular weight excluding hydrogens is 652 g/mol. The molecule has 1 aliphatic heterocycles. The fourth-order valence-electron chi connectivity index (χ4n) is 5.30. The molecule has 3 rings (SSSR count). The van der Waals surface area contributed by atoms with E-state index in [1.807, 2.05) is 0 Å². The number of rotatable bonds is 16. The van der Waals surface area contributed by atoms with Crippen molar-refractivity contribution in [3.63, 3.8) is 0 Å². The molecule has 0 bridgehead atoms. The number of amides is 4. The van der Waals surface area contributed by atoms with Gasteiger partial charge in [-0.2, -0.15) is 0 Å². The second-order valence-electron chi connectivity index (χ2n) is 11.3. The third kappa shape index (κ3) is 10.2. The average molecular weight is 695 g/mol. The molecule has 1 saturated heterocycles. The third-order valence-corrected chi connectivity index (χ3v) is 7.68. The topological polar surface area (TPSA) is 317 Å². The molecule has 2 aromatic rings. The van der Waals surface area contributed by atoms with Crippen molar-refractivity contribution in [2.75, 3.05) is 26.2 Å². The lowest BCUT2D eigenvalue weighted by Gasteiger charge is -2.36. The van der Waals surface area contributed by atoms with E-state index in [9.17, 15) is 39.6 Å². The number of hydrogen-bond acceptors (Lipinski definition) is 10. The summed E-state index contributed by atoms with van der Waals surface area (Å²) in [6.07, 6.45) is 4.95. The zero-order chi connectivity index (χ0) is 36.9. The first kappa shape index (κ1) is 38.3. The highest BCUT2D eigenvalue weighted by Crippen LogP contribution is 2.45.